The second-order valence-corrected chi connectivity index (χ2v) is 8.12. The highest BCUT2D eigenvalue weighted by atomic mass is 35.5. The van der Waals surface area contributed by atoms with E-state index in [4.69, 9.17) is 16.0 Å². The van der Waals surface area contributed by atoms with Crippen molar-refractivity contribution in [1.29, 1.82) is 0 Å². The highest BCUT2D eigenvalue weighted by molar-refractivity contribution is 6.30. The van der Waals surface area contributed by atoms with Gasteiger partial charge in [-0.2, -0.15) is 0 Å². The maximum absolute atomic E-state index is 13.0. The first-order valence-corrected chi connectivity index (χ1v) is 10.6. The summed E-state index contributed by atoms with van der Waals surface area (Å²) in [6.07, 6.45) is 2.26. The number of nitrogens with zero attached hydrogens (tertiary/aromatic N) is 1. The summed E-state index contributed by atoms with van der Waals surface area (Å²) >= 11 is 5.93. The molecule has 0 saturated carbocycles. The molecular weight excluding hydrogens is 414 g/mol. The lowest BCUT2D eigenvalue weighted by Gasteiger charge is -2.37. The lowest BCUT2D eigenvalue weighted by molar-refractivity contribution is -0.126. The van der Waals surface area contributed by atoms with Crippen LogP contribution >= 0.6 is 11.6 Å². The van der Waals surface area contributed by atoms with Crippen LogP contribution in [0.5, 0.6) is 0 Å². The largest absolute Gasteiger partial charge is 0.467 e. The smallest absolute Gasteiger partial charge is 0.321 e. The van der Waals surface area contributed by atoms with Gasteiger partial charge in [-0.05, 0) is 48.4 Å². The van der Waals surface area contributed by atoms with Crippen molar-refractivity contribution in [2.45, 2.75) is 18.9 Å². The molecule has 31 heavy (non-hydrogen) atoms. The van der Waals surface area contributed by atoms with Crippen LogP contribution in [0.3, 0.4) is 0 Å². The third-order valence-corrected chi connectivity index (χ3v) is 5.74. The van der Waals surface area contributed by atoms with Crippen molar-refractivity contribution in [2.75, 3.05) is 18.4 Å². The molecule has 0 spiro atoms. The van der Waals surface area contributed by atoms with Crippen LogP contribution in [0.1, 0.15) is 23.7 Å². The molecule has 2 aromatic carbocycles. The summed E-state index contributed by atoms with van der Waals surface area (Å²) in [4.78, 5) is 27.6. The van der Waals surface area contributed by atoms with Gasteiger partial charge in [-0.1, -0.05) is 41.9 Å². The predicted molar refractivity (Wildman–Crippen MR) is 120 cm³/mol. The number of amides is 3. The van der Waals surface area contributed by atoms with Crippen LogP contribution in [0.4, 0.5) is 10.5 Å². The van der Waals surface area contributed by atoms with E-state index in [-0.39, 0.29) is 23.8 Å². The molecule has 1 aliphatic heterocycles. The van der Waals surface area contributed by atoms with Crippen molar-refractivity contribution in [1.82, 2.24) is 10.2 Å². The molecule has 2 atom stereocenters. The molecular formula is C24H24ClN3O3. The van der Waals surface area contributed by atoms with Gasteiger partial charge in [-0.15, -0.1) is 0 Å². The van der Waals surface area contributed by atoms with Crippen LogP contribution in [-0.4, -0.2) is 29.9 Å². The van der Waals surface area contributed by atoms with E-state index >= 15 is 0 Å². The zero-order valence-corrected chi connectivity index (χ0v) is 17.7. The maximum atomic E-state index is 13.0. The Balaban J connectivity index is 1.47. The number of halogens is 1. The minimum absolute atomic E-state index is 0.0743. The molecule has 0 radical (unpaired) electrons. The first-order chi connectivity index (χ1) is 15.1. The standard InChI is InChI=1S/C24H24ClN3O3/c25-20-8-10-21(11-9-20)27-24(30)28-15-18(17-5-2-1-3-6-17)13-19(16-28)23(29)26-14-22-7-4-12-31-22/h1-12,18-19H,13-16H2,(H,26,29)(H,27,30)/t18-,19-/m1/s1. The number of nitrogens with one attached hydrogen (secondary N) is 2. The topological polar surface area (TPSA) is 74.6 Å². The van der Waals surface area contributed by atoms with Crippen LogP contribution in [-0.2, 0) is 11.3 Å². The van der Waals surface area contributed by atoms with E-state index in [0.29, 0.717) is 42.5 Å². The molecule has 2 heterocycles. The van der Waals surface area contributed by atoms with Crippen LogP contribution < -0.4 is 10.6 Å². The number of carbonyl (C=O) groups excluding carboxylic acids is 2. The van der Waals surface area contributed by atoms with Crippen molar-refractivity contribution in [3.8, 4) is 0 Å². The minimum atomic E-state index is -0.315. The Labute approximate surface area is 186 Å². The van der Waals surface area contributed by atoms with E-state index in [1.807, 2.05) is 36.4 Å². The number of likely N-dealkylation sites (tertiary alicyclic amines) is 1. The summed E-state index contributed by atoms with van der Waals surface area (Å²) in [6.45, 7) is 1.23. The highest BCUT2D eigenvalue weighted by Gasteiger charge is 2.34. The summed E-state index contributed by atoms with van der Waals surface area (Å²) in [6, 6.07) is 20.4. The molecule has 2 N–H and O–H groups in total. The van der Waals surface area contributed by atoms with Crippen LogP contribution in [0.15, 0.2) is 77.4 Å². The van der Waals surface area contributed by atoms with E-state index in [9.17, 15) is 9.59 Å². The van der Waals surface area contributed by atoms with Gasteiger partial charge in [0.15, 0.2) is 0 Å². The Morgan fingerprint density at radius 1 is 1.00 bits per heavy atom. The SMILES string of the molecule is O=C(NCc1ccco1)[C@@H]1C[C@@H](c2ccccc2)CN(C(=O)Nc2ccc(Cl)cc2)C1. The van der Waals surface area contributed by atoms with Gasteiger partial charge in [0.25, 0.3) is 0 Å². The molecule has 3 aromatic rings. The lowest BCUT2D eigenvalue weighted by atomic mass is 9.84. The number of carbonyl (C=O) groups is 2. The zero-order chi connectivity index (χ0) is 21.6. The third kappa shape index (κ3) is 5.47. The average molecular weight is 438 g/mol. The maximum Gasteiger partial charge on any atom is 0.321 e. The number of rotatable bonds is 5. The van der Waals surface area contributed by atoms with Gasteiger partial charge in [0.2, 0.25) is 5.91 Å². The predicted octanol–water partition coefficient (Wildman–Crippen LogP) is 4.89. The molecule has 1 aliphatic rings. The molecule has 160 valence electrons. The Bertz CT molecular complexity index is 1010. The van der Waals surface area contributed by atoms with Crippen molar-refractivity contribution in [3.05, 3.63) is 89.3 Å². The van der Waals surface area contributed by atoms with E-state index in [1.54, 1.807) is 41.5 Å². The highest BCUT2D eigenvalue weighted by Crippen LogP contribution is 2.31. The first kappa shape index (κ1) is 21.0. The monoisotopic (exact) mass is 437 g/mol. The van der Waals surface area contributed by atoms with Crippen LogP contribution in [0.2, 0.25) is 5.02 Å². The number of benzene rings is 2. The number of hydrogen-bond acceptors (Lipinski definition) is 3. The number of furan rings is 1. The van der Waals surface area contributed by atoms with Gasteiger partial charge < -0.3 is 20.0 Å². The molecule has 4 rings (SSSR count). The fraction of sp³-hybridized carbons (Fsp3) is 0.250. The van der Waals surface area contributed by atoms with Gasteiger partial charge in [-0.25, -0.2) is 4.79 Å². The number of hydrogen-bond donors (Lipinski definition) is 2. The fourth-order valence-corrected chi connectivity index (χ4v) is 4.02. The van der Waals surface area contributed by atoms with Gasteiger partial charge >= 0.3 is 6.03 Å². The molecule has 1 saturated heterocycles. The second-order valence-electron chi connectivity index (χ2n) is 7.68. The van der Waals surface area contributed by atoms with Crippen LogP contribution in [0, 0.1) is 5.92 Å². The molecule has 7 heteroatoms. The molecule has 1 aromatic heterocycles. The Kier molecular flexibility index (Phi) is 6.57. The third-order valence-electron chi connectivity index (χ3n) is 5.49. The number of urea groups is 1. The Morgan fingerprint density at radius 2 is 1.77 bits per heavy atom. The summed E-state index contributed by atoms with van der Waals surface area (Å²) < 4.78 is 5.30. The number of anilines is 1. The lowest BCUT2D eigenvalue weighted by Crippen LogP contribution is -2.49. The van der Waals surface area contributed by atoms with E-state index < -0.39 is 0 Å². The molecule has 3 amide bonds. The van der Waals surface area contributed by atoms with Crippen molar-refractivity contribution < 1.29 is 14.0 Å². The van der Waals surface area contributed by atoms with Crippen LogP contribution in [0.25, 0.3) is 0 Å². The summed E-state index contributed by atoms with van der Waals surface area (Å²) in [5.74, 6) is 0.373. The summed E-state index contributed by atoms with van der Waals surface area (Å²) in [7, 11) is 0. The fourth-order valence-electron chi connectivity index (χ4n) is 3.89. The molecule has 6 nitrogen and oxygen atoms in total. The van der Waals surface area contributed by atoms with E-state index in [0.717, 1.165) is 5.56 Å². The molecule has 1 fully saturated rings. The normalized spacial score (nSPS) is 18.4. The summed E-state index contributed by atoms with van der Waals surface area (Å²) in [5.41, 5.74) is 1.78. The minimum Gasteiger partial charge on any atom is -0.467 e. The average Bonchev–Trinajstić information content (AvgIpc) is 3.33. The van der Waals surface area contributed by atoms with Gasteiger partial charge in [0.05, 0.1) is 18.7 Å². The first-order valence-electron chi connectivity index (χ1n) is 10.2. The van der Waals surface area contributed by atoms with Crippen molar-refractivity contribution in [2.24, 2.45) is 5.92 Å². The van der Waals surface area contributed by atoms with Gasteiger partial charge in [0, 0.05) is 29.7 Å². The van der Waals surface area contributed by atoms with Gasteiger partial charge in [-0.3, -0.25) is 4.79 Å². The zero-order valence-electron chi connectivity index (χ0n) is 17.0. The molecule has 0 unspecified atom stereocenters. The van der Waals surface area contributed by atoms with E-state index in [2.05, 4.69) is 10.6 Å². The second kappa shape index (κ2) is 9.71. The quantitative estimate of drug-likeness (QED) is 0.597. The summed E-state index contributed by atoms with van der Waals surface area (Å²) in [5, 5.41) is 6.45. The molecule has 0 aliphatic carbocycles. The Hall–Kier alpha value is -3.25. The number of piperidine rings is 1. The van der Waals surface area contributed by atoms with Crippen molar-refractivity contribution >= 4 is 29.2 Å². The molecule has 0 bridgehead atoms. The Morgan fingerprint density at radius 3 is 2.48 bits per heavy atom. The van der Waals surface area contributed by atoms with E-state index in [1.165, 1.54) is 0 Å². The van der Waals surface area contributed by atoms with Crippen molar-refractivity contribution in [3.63, 3.8) is 0 Å². The van der Waals surface area contributed by atoms with Gasteiger partial charge in [0.1, 0.15) is 5.76 Å².